The summed E-state index contributed by atoms with van der Waals surface area (Å²) < 4.78 is 6.27. The monoisotopic (exact) mass is 395 g/mol. The van der Waals surface area contributed by atoms with Gasteiger partial charge in [-0.15, -0.1) is 11.8 Å². The molecule has 0 aliphatic rings. The summed E-state index contributed by atoms with van der Waals surface area (Å²) in [5.41, 5.74) is 3.48. The minimum atomic E-state index is -0.157. The number of hydrogen-bond acceptors (Lipinski definition) is 6. The lowest BCUT2D eigenvalue weighted by molar-refractivity contribution is 0.102. The lowest BCUT2D eigenvalue weighted by atomic mass is 10.2. The molecule has 5 nitrogen and oxygen atoms in total. The Kier molecular flexibility index (Phi) is 4.96. The maximum atomic E-state index is 12.8. The summed E-state index contributed by atoms with van der Waals surface area (Å²) in [6.45, 7) is 3.83. The average Bonchev–Trinajstić information content (AvgIpc) is 3.22. The van der Waals surface area contributed by atoms with Crippen LogP contribution in [0.5, 0.6) is 0 Å². The average molecular weight is 396 g/mol. The molecule has 0 radical (unpaired) electrons. The third-order valence-electron chi connectivity index (χ3n) is 4.20. The topological polar surface area (TPSA) is 68.0 Å². The van der Waals surface area contributed by atoms with Gasteiger partial charge in [-0.05, 0) is 38.1 Å². The van der Waals surface area contributed by atoms with Crippen molar-refractivity contribution < 1.29 is 9.32 Å². The van der Waals surface area contributed by atoms with Crippen molar-refractivity contribution in [2.45, 2.75) is 24.5 Å². The van der Waals surface area contributed by atoms with Gasteiger partial charge in [-0.3, -0.25) is 10.1 Å². The lowest BCUT2D eigenvalue weighted by Crippen LogP contribution is -2.12. The minimum absolute atomic E-state index is 0.157. The maximum Gasteiger partial charge on any atom is 0.258 e. The lowest BCUT2D eigenvalue weighted by Gasteiger charge is -2.08. The molecule has 0 aliphatic heterocycles. The van der Waals surface area contributed by atoms with Crippen molar-refractivity contribution >= 4 is 44.4 Å². The van der Waals surface area contributed by atoms with E-state index in [9.17, 15) is 4.79 Å². The fraction of sp³-hybridized carbons (Fsp3) is 0.150. The summed E-state index contributed by atoms with van der Waals surface area (Å²) in [5, 5.41) is 7.52. The Morgan fingerprint density at radius 3 is 2.70 bits per heavy atom. The predicted molar refractivity (Wildman–Crippen MR) is 110 cm³/mol. The molecule has 0 bridgehead atoms. The molecule has 1 N–H and O–H groups in total. The molecule has 0 unspecified atom stereocenters. The molecule has 4 aromatic rings. The van der Waals surface area contributed by atoms with Crippen LogP contribution in [0.1, 0.15) is 27.4 Å². The van der Waals surface area contributed by atoms with Gasteiger partial charge in [0, 0.05) is 16.2 Å². The second-order valence-corrected chi connectivity index (χ2v) is 8.08. The number of rotatable bonds is 5. The molecule has 0 saturated carbocycles. The summed E-state index contributed by atoms with van der Waals surface area (Å²) in [5.74, 6) is 1.36. The number of nitrogens with zero attached hydrogens (tertiary/aromatic N) is 2. The van der Waals surface area contributed by atoms with Crippen LogP contribution in [0.4, 0.5) is 5.13 Å². The summed E-state index contributed by atoms with van der Waals surface area (Å²) in [6, 6.07) is 15.4. The normalized spacial score (nSPS) is 11.0. The van der Waals surface area contributed by atoms with E-state index in [0.29, 0.717) is 16.4 Å². The molecule has 2 aromatic carbocycles. The molecule has 27 heavy (non-hydrogen) atoms. The third-order valence-corrected chi connectivity index (χ3v) is 6.25. The van der Waals surface area contributed by atoms with Gasteiger partial charge in [0.15, 0.2) is 5.13 Å². The van der Waals surface area contributed by atoms with Gasteiger partial charge in [-0.2, -0.15) is 0 Å². The highest BCUT2D eigenvalue weighted by Gasteiger charge is 2.16. The van der Waals surface area contributed by atoms with Crippen LogP contribution in [-0.4, -0.2) is 16.0 Å². The number of aryl methyl sites for hydroxylation is 2. The first-order valence-electron chi connectivity index (χ1n) is 8.42. The molecule has 0 fully saturated rings. The molecule has 7 heteroatoms. The molecular formula is C20H17N3O2S2. The number of para-hydroxylation sites is 1. The number of benzene rings is 2. The van der Waals surface area contributed by atoms with E-state index in [1.54, 1.807) is 11.8 Å². The highest BCUT2D eigenvalue weighted by atomic mass is 32.2. The molecular weight excluding hydrogens is 378 g/mol. The van der Waals surface area contributed by atoms with Gasteiger partial charge in [-0.1, -0.05) is 40.8 Å². The smallest absolute Gasteiger partial charge is 0.258 e. The first kappa shape index (κ1) is 17.8. The maximum absolute atomic E-state index is 12.8. The highest BCUT2D eigenvalue weighted by Crippen LogP contribution is 2.30. The Morgan fingerprint density at radius 2 is 1.93 bits per heavy atom. The molecule has 1 amide bonds. The Hall–Kier alpha value is -2.64. The van der Waals surface area contributed by atoms with E-state index in [4.69, 9.17) is 4.52 Å². The summed E-state index contributed by atoms with van der Waals surface area (Å²) in [7, 11) is 0. The Bertz CT molecular complexity index is 1060. The number of thiazole rings is 1. The van der Waals surface area contributed by atoms with Crippen LogP contribution in [0.3, 0.4) is 0 Å². The molecule has 2 aromatic heterocycles. The Balaban J connectivity index is 1.53. The van der Waals surface area contributed by atoms with Crippen LogP contribution in [0.15, 0.2) is 57.9 Å². The van der Waals surface area contributed by atoms with E-state index in [1.807, 2.05) is 62.4 Å². The van der Waals surface area contributed by atoms with E-state index >= 15 is 0 Å². The number of anilines is 1. The highest BCUT2D eigenvalue weighted by molar-refractivity contribution is 7.98. The van der Waals surface area contributed by atoms with Crippen molar-refractivity contribution in [3.8, 4) is 0 Å². The standard InChI is InChI=1S/C20H17N3O2S2/c1-12-15(13(2)25-23-12)11-26-17-9-5-3-7-14(17)19(24)22-20-21-16-8-4-6-10-18(16)27-20/h3-10H,11H2,1-2H3,(H,21,22,24). The SMILES string of the molecule is Cc1noc(C)c1CSc1ccccc1C(=O)Nc1nc2ccccc2s1. The third kappa shape index (κ3) is 3.74. The van der Waals surface area contributed by atoms with Crippen molar-refractivity contribution in [3.05, 3.63) is 71.1 Å². The van der Waals surface area contributed by atoms with Gasteiger partial charge < -0.3 is 4.52 Å². The second-order valence-electron chi connectivity index (χ2n) is 6.03. The van der Waals surface area contributed by atoms with E-state index in [0.717, 1.165) is 32.1 Å². The van der Waals surface area contributed by atoms with E-state index < -0.39 is 0 Å². The summed E-state index contributed by atoms with van der Waals surface area (Å²) in [6.07, 6.45) is 0. The van der Waals surface area contributed by atoms with Crippen molar-refractivity contribution in [3.63, 3.8) is 0 Å². The number of amides is 1. The molecule has 0 saturated heterocycles. The molecule has 0 spiro atoms. The first-order chi connectivity index (χ1) is 13.1. The zero-order valence-corrected chi connectivity index (χ0v) is 16.5. The quantitative estimate of drug-likeness (QED) is 0.455. The van der Waals surface area contributed by atoms with Gasteiger partial charge in [0.2, 0.25) is 0 Å². The van der Waals surface area contributed by atoms with Gasteiger partial charge in [0.25, 0.3) is 5.91 Å². The Morgan fingerprint density at radius 1 is 1.15 bits per heavy atom. The number of carbonyl (C=O) groups is 1. The van der Waals surface area contributed by atoms with Crippen molar-refractivity contribution in [1.82, 2.24) is 10.1 Å². The van der Waals surface area contributed by atoms with Gasteiger partial charge in [0.1, 0.15) is 5.76 Å². The molecule has 0 atom stereocenters. The molecule has 0 aliphatic carbocycles. The number of hydrogen-bond donors (Lipinski definition) is 1. The summed E-state index contributed by atoms with van der Waals surface area (Å²) in [4.78, 5) is 18.2. The van der Waals surface area contributed by atoms with E-state index in [-0.39, 0.29) is 5.91 Å². The first-order valence-corrected chi connectivity index (χ1v) is 10.2. The second kappa shape index (κ2) is 7.54. The predicted octanol–water partition coefficient (Wildman–Crippen LogP) is 5.45. The number of fused-ring (bicyclic) bond motifs is 1. The van der Waals surface area contributed by atoms with Gasteiger partial charge in [-0.25, -0.2) is 4.98 Å². The zero-order chi connectivity index (χ0) is 18.8. The zero-order valence-electron chi connectivity index (χ0n) is 14.9. The van der Waals surface area contributed by atoms with Crippen LogP contribution in [0.25, 0.3) is 10.2 Å². The van der Waals surface area contributed by atoms with E-state index in [1.165, 1.54) is 11.3 Å². The number of aromatic nitrogens is 2. The van der Waals surface area contributed by atoms with E-state index in [2.05, 4.69) is 15.5 Å². The number of carbonyl (C=O) groups excluding carboxylic acids is 1. The van der Waals surface area contributed by atoms with Crippen LogP contribution in [0.2, 0.25) is 0 Å². The fourth-order valence-electron chi connectivity index (χ4n) is 2.73. The number of nitrogens with one attached hydrogen (secondary N) is 1. The fourth-order valence-corrected chi connectivity index (χ4v) is 4.79. The Labute approximate surface area is 164 Å². The molecule has 2 heterocycles. The number of thioether (sulfide) groups is 1. The van der Waals surface area contributed by atoms with Crippen LogP contribution < -0.4 is 5.32 Å². The van der Waals surface area contributed by atoms with Crippen LogP contribution in [-0.2, 0) is 5.75 Å². The molecule has 136 valence electrons. The summed E-state index contributed by atoms with van der Waals surface area (Å²) >= 11 is 3.07. The van der Waals surface area contributed by atoms with Gasteiger partial charge in [0.05, 0.1) is 21.5 Å². The minimum Gasteiger partial charge on any atom is -0.361 e. The van der Waals surface area contributed by atoms with Gasteiger partial charge >= 0.3 is 0 Å². The van der Waals surface area contributed by atoms with Crippen molar-refractivity contribution in [1.29, 1.82) is 0 Å². The van der Waals surface area contributed by atoms with Crippen molar-refractivity contribution in [2.75, 3.05) is 5.32 Å². The largest absolute Gasteiger partial charge is 0.361 e. The van der Waals surface area contributed by atoms with Crippen molar-refractivity contribution in [2.24, 2.45) is 0 Å². The van der Waals surface area contributed by atoms with Crippen LogP contribution in [0, 0.1) is 13.8 Å². The van der Waals surface area contributed by atoms with Crippen LogP contribution >= 0.6 is 23.1 Å². The molecule has 4 rings (SSSR count).